The third kappa shape index (κ3) is 2.34. The van der Waals surface area contributed by atoms with E-state index in [0.717, 1.165) is 0 Å². The highest BCUT2D eigenvalue weighted by Gasteiger charge is 2.30. The molecule has 0 aromatic heterocycles. The lowest BCUT2D eigenvalue weighted by Crippen LogP contribution is -2.25. The van der Waals surface area contributed by atoms with Crippen molar-refractivity contribution < 1.29 is 4.79 Å². The summed E-state index contributed by atoms with van der Waals surface area (Å²) < 4.78 is 0. The Morgan fingerprint density at radius 1 is 1.35 bits per heavy atom. The number of nitrogens with two attached hydrogens (primary N) is 2. The summed E-state index contributed by atoms with van der Waals surface area (Å²) in [7, 11) is 0. The SMILES string of the molecule is NCC1CC(=O)N(c2cc(Cl)c(N)c(Cl)c2)C1. The molecule has 1 aliphatic rings. The molecule has 0 bridgehead atoms. The van der Waals surface area contributed by atoms with Crippen LogP contribution in [0.4, 0.5) is 11.4 Å². The number of benzene rings is 1. The number of amides is 1. The summed E-state index contributed by atoms with van der Waals surface area (Å²) in [6.07, 6.45) is 0.468. The van der Waals surface area contributed by atoms with Crippen molar-refractivity contribution in [1.29, 1.82) is 0 Å². The maximum atomic E-state index is 11.8. The molecule has 6 heteroatoms. The number of carbonyl (C=O) groups is 1. The molecular weight excluding hydrogens is 261 g/mol. The Morgan fingerprint density at radius 2 is 1.94 bits per heavy atom. The summed E-state index contributed by atoms with van der Waals surface area (Å²) in [5.41, 5.74) is 12.2. The van der Waals surface area contributed by atoms with E-state index < -0.39 is 0 Å². The van der Waals surface area contributed by atoms with E-state index in [2.05, 4.69) is 0 Å². The molecule has 1 aliphatic heterocycles. The van der Waals surface area contributed by atoms with Crippen molar-refractivity contribution >= 4 is 40.5 Å². The molecule has 1 fully saturated rings. The Bertz CT molecular complexity index is 441. The molecule has 4 nitrogen and oxygen atoms in total. The van der Waals surface area contributed by atoms with E-state index in [0.29, 0.717) is 40.9 Å². The molecule has 1 atom stereocenters. The molecule has 1 heterocycles. The van der Waals surface area contributed by atoms with Crippen LogP contribution in [0, 0.1) is 5.92 Å². The molecule has 1 aromatic rings. The van der Waals surface area contributed by atoms with Crippen LogP contribution in [-0.4, -0.2) is 19.0 Å². The van der Waals surface area contributed by atoms with Crippen LogP contribution in [0.2, 0.25) is 10.0 Å². The molecule has 92 valence electrons. The first-order valence-corrected chi connectivity index (χ1v) is 6.03. The summed E-state index contributed by atoms with van der Waals surface area (Å²) in [6, 6.07) is 3.30. The molecule has 17 heavy (non-hydrogen) atoms. The van der Waals surface area contributed by atoms with Gasteiger partial charge in [-0.25, -0.2) is 0 Å². The van der Waals surface area contributed by atoms with Gasteiger partial charge in [-0.1, -0.05) is 23.2 Å². The fourth-order valence-corrected chi connectivity index (χ4v) is 2.39. The van der Waals surface area contributed by atoms with Crippen LogP contribution >= 0.6 is 23.2 Å². The lowest BCUT2D eigenvalue weighted by Gasteiger charge is -2.18. The second-order valence-corrected chi connectivity index (χ2v) is 4.95. The quantitative estimate of drug-likeness (QED) is 0.809. The molecule has 1 amide bonds. The van der Waals surface area contributed by atoms with Gasteiger partial charge in [0.05, 0.1) is 15.7 Å². The van der Waals surface area contributed by atoms with E-state index in [1.807, 2.05) is 0 Å². The van der Waals surface area contributed by atoms with Gasteiger partial charge in [0, 0.05) is 18.7 Å². The van der Waals surface area contributed by atoms with Crippen molar-refractivity contribution in [1.82, 2.24) is 0 Å². The van der Waals surface area contributed by atoms with Crippen LogP contribution in [0.3, 0.4) is 0 Å². The zero-order valence-electron chi connectivity index (χ0n) is 9.12. The van der Waals surface area contributed by atoms with Gasteiger partial charge >= 0.3 is 0 Å². The number of halogens is 2. The van der Waals surface area contributed by atoms with E-state index in [9.17, 15) is 4.79 Å². The Kier molecular flexibility index (Phi) is 3.47. The topological polar surface area (TPSA) is 72.4 Å². The molecule has 1 unspecified atom stereocenters. The molecule has 0 aliphatic carbocycles. The van der Waals surface area contributed by atoms with E-state index in [4.69, 9.17) is 34.7 Å². The fourth-order valence-electron chi connectivity index (χ4n) is 1.92. The van der Waals surface area contributed by atoms with Gasteiger partial charge in [-0.3, -0.25) is 4.79 Å². The highest BCUT2D eigenvalue weighted by atomic mass is 35.5. The molecule has 2 rings (SSSR count). The predicted octanol–water partition coefficient (Wildman–Crippen LogP) is 1.89. The minimum atomic E-state index is 0.0392. The summed E-state index contributed by atoms with van der Waals surface area (Å²) in [5.74, 6) is 0.231. The minimum absolute atomic E-state index is 0.0392. The van der Waals surface area contributed by atoms with E-state index in [1.54, 1.807) is 17.0 Å². The van der Waals surface area contributed by atoms with Gasteiger partial charge in [-0.2, -0.15) is 0 Å². The van der Waals surface area contributed by atoms with Crippen LogP contribution < -0.4 is 16.4 Å². The number of hydrogen-bond donors (Lipinski definition) is 2. The largest absolute Gasteiger partial charge is 0.396 e. The molecule has 0 spiro atoms. The maximum absolute atomic E-state index is 11.8. The third-order valence-corrected chi connectivity index (χ3v) is 3.54. The van der Waals surface area contributed by atoms with Gasteiger partial charge in [-0.05, 0) is 24.6 Å². The van der Waals surface area contributed by atoms with E-state index in [1.165, 1.54) is 0 Å². The zero-order valence-corrected chi connectivity index (χ0v) is 10.6. The molecule has 1 saturated heterocycles. The summed E-state index contributed by atoms with van der Waals surface area (Å²) >= 11 is 11.9. The summed E-state index contributed by atoms with van der Waals surface area (Å²) in [5, 5.41) is 0.716. The number of nitrogen functional groups attached to an aromatic ring is 1. The van der Waals surface area contributed by atoms with Gasteiger partial charge < -0.3 is 16.4 Å². The summed E-state index contributed by atoms with van der Waals surface area (Å²) in [6.45, 7) is 1.10. The van der Waals surface area contributed by atoms with Crippen LogP contribution in [-0.2, 0) is 4.79 Å². The van der Waals surface area contributed by atoms with E-state index in [-0.39, 0.29) is 11.8 Å². The molecule has 1 aromatic carbocycles. The van der Waals surface area contributed by atoms with Crippen LogP contribution in [0.25, 0.3) is 0 Å². The third-order valence-electron chi connectivity index (χ3n) is 2.91. The molecule has 4 N–H and O–H groups in total. The first kappa shape index (κ1) is 12.5. The molecule has 0 radical (unpaired) electrons. The van der Waals surface area contributed by atoms with Crippen molar-refractivity contribution in [2.75, 3.05) is 23.7 Å². The normalized spacial score (nSPS) is 20.1. The van der Waals surface area contributed by atoms with Crippen molar-refractivity contribution in [3.63, 3.8) is 0 Å². The highest BCUT2D eigenvalue weighted by molar-refractivity contribution is 6.39. The van der Waals surface area contributed by atoms with Crippen molar-refractivity contribution in [3.8, 4) is 0 Å². The Hall–Kier alpha value is -0.970. The Balaban J connectivity index is 2.32. The van der Waals surface area contributed by atoms with Crippen molar-refractivity contribution in [2.24, 2.45) is 11.7 Å². The second-order valence-electron chi connectivity index (χ2n) is 4.13. The highest BCUT2D eigenvalue weighted by Crippen LogP contribution is 2.34. The Labute approximate surface area is 109 Å². The zero-order chi connectivity index (χ0) is 12.6. The standard InChI is InChI=1S/C11H13Cl2N3O/c12-8-2-7(3-9(13)11(8)15)16-5-6(4-14)1-10(16)17/h2-3,6H,1,4-5,14-15H2. The van der Waals surface area contributed by atoms with Crippen molar-refractivity contribution in [2.45, 2.75) is 6.42 Å². The lowest BCUT2D eigenvalue weighted by atomic mass is 10.1. The predicted molar refractivity (Wildman–Crippen MR) is 70.4 cm³/mol. The van der Waals surface area contributed by atoms with Gasteiger partial charge in [0.2, 0.25) is 5.91 Å². The second kappa shape index (κ2) is 4.72. The number of rotatable bonds is 2. The number of anilines is 2. The molecule has 0 saturated carbocycles. The van der Waals surface area contributed by atoms with Crippen molar-refractivity contribution in [3.05, 3.63) is 22.2 Å². The monoisotopic (exact) mass is 273 g/mol. The maximum Gasteiger partial charge on any atom is 0.227 e. The lowest BCUT2D eigenvalue weighted by molar-refractivity contribution is -0.117. The van der Waals surface area contributed by atoms with E-state index >= 15 is 0 Å². The average molecular weight is 274 g/mol. The number of hydrogen-bond acceptors (Lipinski definition) is 3. The van der Waals surface area contributed by atoms with Gasteiger partial charge in [0.25, 0.3) is 0 Å². The van der Waals surface area contributed by atoms with Gasteiger partial charge in [-0.15, -0.1) is 0 Å². The first-order chi connectivity index (χ1) is 8.02. The minimum Gasteiger partial charge on any atom is -0.396 e. The molecular formula is C11H13Cl2N3O. The van der Waals surface area contributed by atoms with Crippen LogP contribution in [0.1, 0.15) is 6.42 Å². The number of carbonyl (C=O) groups excluding carboxylic acids is 1. The number of nitrogens with zero attached hydrogens (tertiary/aromatic N) is 1. The van der Waals surface area contributed by atoms with Crippen LogP contribution in [0.5, 0.6) is 0 Å². The Morgan fingerprint density at radius 3 is 2.41 bits per heavy atom. The fraction of sp³-hybridized carbons (Fsp3) is 0.364. The van der Waals surface area contributed by atoms with Crippen LogP contribution in [0.15, 0.2) is 12.1 Å². The first-order valence-electron chi connectivity index (χ1n) is 5.28. The smallest absolute Gasteiger partial charge is 0.227 e. The van der Waals surface area contributed by atoms with Gasteiger partial charge in [0.15, 0.2) is 0 Å². The van der Waals surface area contributed by atoms with Gasteiger partial charge in [0.1, 0.15) is 0 Å². The summed E-state index contributed by atoms with van der Waals surface area (Å²) in [4.78, 5) is 13.5. The average Bonchev–Trinajstić information content (AvgIpc) is 2.67.